The van der Waals surface area contributed by atoms with Crippen molar-refractivity contribution in [2.45, 2.75) is 38.4 Å². The minimum absolute atomic E-state index is 0.308. The third-order valence-corrected chi connectivity index (χ3v) is 4.37. The third-order valence-electron chi connectivity index (χ3n) is 4.37. The lowest BCUT2D eigenvalue weighted by Gasteiger charge is -2.34. The van der Waals surface area contributed by atoms with Crippen molar-refractivity contribution in [2.24, 2.45) is 0 Å². The van der Waals surface area contributed by atoms with Gasteiger partial charge in [0.25, 0.3) is 0 Å². The maximum absolute atomic E-state index is 4.45. The van der Waals surface area contributed by atoms with Crippen LogP contribution in [0.3, 0.4) is 0 Å². The highest BCUT2D eigenvalue weighted by atomic mass is 15.2. The minimum Gasteiger partial charge on any atom is -0.305 e. The molecule has 1 aromatic heterocycles. The maximum Gasteiger partial charge on any atom is 0.0570 e. The topological polar surface area (TPSA) is 28.2 Å². The molecule has 1 aliphatic heterocycles. The molecule has 116 valence electrons. The van der Waals surface area contributed by atoms with E-state index in [1.165, 1.54) is 24.9 Å². The van der Waals surface area contributed by atoms with Crippen LogP contribution >= 0.6 is 0 Å². The standard InChI is InChI=1S/C19H25N3/c1-16(19-11-5-6-12-20-19)21-18-10-7-13-22(15-18)14-17-8-3-2-4-9-17/h2-6,8-9,11-12,16,18,21H,7,10,13-15H2,1H3. The van der Waals surface area contributed by atoms with Gasteiger partial charge in [0.05, 0.1) is 5.69 Å². The molecule has 1 fully saturated rings. The van der Waals surface area contributed by atoms with Crippen molar-refractivity contribution in [1.29, 1.82) is 0 Å². The SMILES string of the molecule is CC(NC1CCCN(Cc2ccccc2)C1)c1ccccn1. The number of nitrogens with zero attached hydrogens (tertiary/aromatic N) is 2. The van der Waals surface area contributed by atoms with E-state index in [1.807, 2.05) is 12.3 Å². The van der Waals surface area contributed by atoms with Crippen molar-refractivity contribution in [1.82, 2.24) is 15.2 Å². The molecule has 0 spiro atoms. The average Bonchev–Trinajstić information content (AvgIpc) is 2.57. The van der Waals surface area contributed by atoms with E-state index < -0.39 is 0 Å². The van der Waals surface area contributed by atoms with Gasteiger partial charge in [-0.1, -0.05) is 36.4 Å². The maximum atomic E-state index is 4.45. The van der Waals surface area contributed by atoms with Gasteiger partial charge >= 0.3 is 0 Å². The van der Waals surface area contributed by atoms with Gasteiger partial charge in [0.15, 0.2) is 0 Å². The molecule has 1 aliphatic rings. The zero-order chi connectivity index (χ0) is 15.2. The molecule has 3 nitrogen and oxygen atoms in total. The van der Waals surface area contributed by atoms with Gasteiger partial charge < -0.3 is 5.32 Å². The Morgan fingerprint density at radius 2 is 2.00 bits per heavy atom. The number of rotatable bonds is 5. The summed E-state index contributed by atoms with van der Waals surface area (Å²) in [5.74, 6) is 0. The molecule has 2 heterocycles. The number of benzene rings is 1. The van der Waals surface area contributed by atoms with Crippen LogP contribution in [-0.2, 0) is 6.54 Å². The highest BCUT2D eigenvalue weighted by molar-refractivity contribution is 5.14. The number of piperidine rings is 1. The smallest absolute Gasteiger partial charge is 0.0570 e. The second-order valence-corrected chi connectivity index (χ2v) is 6.20. The lowest BCUT2D eigenvalue weighted by molar-refractivity contribution is 0.177. The van der Waals surface area contributed by atoms with Crippen molar-refractivity contribution in [3.63, 3.8) is 0 Å². The fourth-order valence-corrected chi connectivity index (χ4v) is 3.25. The van der Waals surface area contributed by atoms with Crippen molar-refractivity contribution in [3.8, 4) is 0 Å². The monoisotopic (exact) mass is 295 g/mol. The average molecular weight is 295 g/mol. The fourth-order valence-electron chi connectivity index (χ4n) is 3.25. The molecular formula is C19H25N3. The van der Waals surface area contributed by atoms with Crippen LogP contribution < -0.4 is 5.32 Å². The van der Waals surface area contributed by atoms with Gasteiger partial charge in [-0.25, -0.2) is 0 Å². The number of hydrogen-bond acceptors (Lipinski definition) is 3. The van der Waals surface area contributed by atoms with Gasteiger partial charge in [0.2, 0.25) is 0 Å². The summed E-state index contributed by atoms with van der Waals surface area (Å²) in [5.41, 5.74) is 2.53. The molecule has 1 saturated heterocycles. The van der Waals surface area contributed by atoms with E-state index in [1.54, 1.807) is 0 Å². The Labute approximate surface area is 133 Å². The molecule has 2 unspecified atom stereocenters. The Morgan fingerprint density at radius 3 is 2.77 bits per heavy atom. The molecule has 22 heavy (non-hydrogen) atoms. The van der Waals surface area contributed by atoms with Crippen LogP contribution in [-0.4, -0.2) is 29.0 Å². The first kappa shape index (κ1) is 15.2. The van der Waals surface area contributed by atoms with Crippen LogP contribution in [0.5, 0.6) is 0 Å². The summed E-state index contributed by atoms with van der Waals surface area (Å²) < 4.78 is 0. The van der Waals surface area contributed by atoms with Crippen LogP contribution in [0, 0.1) is 0 Å². The van der Waals surface area contributed by atoms with Crippen molar-refractivity contribution >= 4 is 0 Å². The van der Waals surface area contributed by atoms with Gasteiger partial charge in [-0.05, 0) is 44.0 Å². The zero-order valence-corrected chi connectivity index (χ0v) is 13.3. The molecule has 3 heteroatoms. The first-order chi connectivity index (χ1) is 10.8. The highest BCUT2D eigenvalue weighted by Gasteiger charge is 2.21. The molecule has 0 bridgehead atoms. The second-order valence-electron chi connectivity index (χ2n) is 6.20. The first-order valence-electron chi connectivity index (χ1n) is 8.24. The number of nitrogens with one attached hydrogen (secondary N) is 1. The van der Waals surface area contributed by atoms with E-state index in [0.717, 1.165) is 18.8 Å². The summed E-state index contributed by atoms with van der Waals surface area (Å²) in [7, 11) is 0. The summed E-state index contributed by atoms with van der Waals surface area (Å²) in [6.07, 6.45) is 4.39. The summed E-state index contributed by atoms with van der Waals surface area (Å²) in [5, 5.41) is 3.75. The van der Waals surface area contributed by atoms with E-state index in [4.69, 9.17) is 0 Å². The summed E-state index contributed by atoms with van der Waals surface area (Å²) in [4.78, 5) is 7.01. The molecule has 1 N–H and O–H groups in total. The Hall–Kier alpha value is -1.71. The highest BCUT2D eigenvalue weighted by Crippen LogP contribution is 2.17. The van der Waals surface area contributed by atoms with E-state index in [-0.39, 0.29) is 0 Å². The predicted octanol–water partition coefficient (Wildman–Crippen LogP) is 3.40. The molecular weight excluding hydrogens is 270 g/mol. The zero-order valence-electron chi connectivity index (χ0n) is 13.3. The lowest BCUT2D eigenvalue weighted by atomic mass is 10.0. The van der Waals surface area contributed by atoms with Gasteiger partial charge in [0, 0.05) is 31.4 Å². The minimum atomic E-state index is 0.308. The number of likely N-dealkylation sites (tertiary alicyclic amines) is 1. The van der Waals surface area contributed by atoms with E-state index >= 15 is 0 Å². The summed E-state index contributed by atoms with van der Waals surface area (Å²) in [6.45, 7) is 5.58. The first-order valence-corrected chi connectivity index (χ1v) is 8.24. The summed E-state index contributed by atoms with van der Waals surface area (Å²) in [6, 6.07) is 17.7. The van der Waals surface area contributed by atoms with E-state index in [0.29, 0.717) is 12.1 Å². The molecule has 2 aromatic rings. The normalized spacial score (nSPS) is 20.7. The Bertz CT molecular complexity index is 555. The van der Waals surface area contributed by atoms with Gasteiger partial charge in [0.1, 0.15) is 0 Å². The Morgan fingerprint density at radius 1 is 1.18 bits per heavy atom. The number of pyridine rings is 1. The lowest BCUT2D eigenvalue weighted by Crippen LogP contribution is -2.46. The van der Waals surface area contributed by atoms with E-state index in [9.17, 15) is 0 Å². The molecule has 0 saturated carbocycles. The molecule has 0 aliphatic carbocycles. The molecule has 3 rings (SSSR count). The second kappa shape index (κ2) is 7.52. The van der Waals surface area contributed by atoms with Crippen molar-refractivity contribution in [2.75, 3.05) is 13.1 Å². The Balaban J connectivity index is 1.54. The predicted molar refractivity (Wildman–Crippen MR) is 90.5 cm³/mol. The van der Waals surface area contributed by atoms with Crippen LogP contribution in [0.25, 0.3) is 0 Å². The number of aromatic nitrogens is 1. The van der Waals surface area contributed by atoms with Crippen LogP contribution in [0.15, 0.2) is 54.7 Å². The van der Waals surface area contributed by atoms with Crippen molar-refractivity contribution in [3.05, 3.63) is 66.0 Å². The van der Waals surface area contributed by atoms with Crippen LogP contribution in [0.4, 0.5) is 0 Å². The number of hydrogen-bond donors (Lipinski definition) is 1. The molecule has 1 aromatic carbocycles. The molecule has 0 amide bonds. The van der Waals surface area contributed by atoms with Crippen LogP contribution in [0.1, 0.15) is 37.1 Å². The van der Waals surface area contributed by atoms with E-state index in [2.05, 4.69) is 64.6 Å². The quantitative estimate of drug-likeness (QED) is 0.916. The Kier molecular flexibility index (Phi) is 5.20. The fraction of sp³-hybridized carbons (Fsp3) is 0.421. The van der Waals surface area contributed by atoms with Crippen LogP contribution in [0.2, 0.25) is 0 Å². The largest absolute Gasteiger partial charge is 0.305 e. The molecule has 0 radical (unpaired) electrons. The van der Waals surface area contributed by atoms with Gasteiger partial charge in [-0.3, -0.25) is 9.88 Å². The van der Waals surface area contributed by atoms with Crippen molar-refractivity contribution < 1.29 is 0 Å². The molecule has 2 atom stereocenters. The third kappa shape index (κ3) is 4.15. The van der Waals surface area contributed by atoms with Gasteiger partial charge in [-0.15, -0.1) is 0 Å². The van der Waals surface area contributed by atoms with Gasteiger partial charge in [-0.2, -0.15) is 0 Å². The summed E-state index contributed by atoms with van der Waals surface area (Å²) >= 11 is 0.